The second-order valence-electron chi connectivity index (χ2n) is 4.92. The smallest absolute Gasteiger partial charge is 0.396 e. The number of alkyl halides is 3. The third-order valence-electron chi connectivity index (χ3n) is 3.28. The fourth-order valence-corrected chi connectivity index (χ4v) is 2.16. The highest BCUT2D eigenvalue weighted by atomic mass is 19.4. The lowest BCUT2D eigenvalue weighted by Crippen LogP contribution is -2.16. The molecule has 0 aromatic heterocycles. The Morgan fingerprint density at radius 1 is 1.33 bits per heavy atom. The van der Waals surface area contributed by atoms with E-state index < -0.39 is 11.7 Å². The van der Waals surface area contributed by atoms with Gasteiger partial charge in [-0.1, -0.05) is 13.3 Å². The van der Waals surface area contributed by atoms with E-state index in [0.29, 0.717) is 18.7 Å². The summed E-state index contributed by atoms with van der Waals surface area (Å²) < 4.78 is 37.8. The second-order valence-corrected chi connectivity index (χ2v) is 4.92. The van der Waals surface area contributed by atoms with E-state index in [4.69, 9.17) is 10.4 Å². The van der Waals surface area contributed by atoms with Crippen LogP contribution in [0.2, 0.25) is 0 Å². The number of anilines is 1. The molecular weight excluding hydrogens is 281 g/mol. The van der Waals surface area contributed by atoms with Crippen molar-refractivity contribution in [2.24, 2.45) is 5.92 Å². The van der Waals surface area contributed by atoms with Crippen LogP contribution in [0.15, 0.2) is 18.2 Å². The van der Waals surface area contributed by atoms with Gasteiger partial charge in [0.05, 0.1) is 16.8 Å². The van der Waals surface area contributed by atoms with Gasteiger partial charge in [-0.3, -0.25) is 0 Å². The molecule has 0 aliphatic rings. The average molecular weight is 300 g/mol. The maximum absolute atomic E-state index is 12.6. The summed E-state index contributed by atoms with van der Waals surface area (Å²) in [4.78, 5) is 0. The summed E-state index contributed by atoms with van der Waals surface area (Å²) in [5.74, 6) is 0.230. The molecule has 0 heterocycles. The molecule has 0 saturated carbocycles. The highest BCUT2D eigenvalue weighted by Gasteiger charge is 2.31. The van der Waals surface area contributed by atoms with Crippen molar-refractivity contribution in [3.63, 3.8) is 0 Å². The van der Waals surface area contributed by atoms with Crippen molar-refractivity contribution in [3.8, 4) is 6.07 Å². The van der Waals surface area contributed by atoms with Crippen LogP contribution in [0, 0.1) is 17.2 Å². The van der Waals surface area contributed by atoms with E-state index in [0.717, 1.165) is 25.0 Å². The molecule has 21 heavy (non-hydrogen) atoms. The Morgan fingerprint density at radius 3 is 2.57 bits per heavy atom. The van der Waals surface area contributed by atoms with Crippen molar-refractivity contribution in [3.05, 3.63) is 29.3 Å². The lowest BCUT2D eigenvalue weighted by molar-refractivity contribution is -0.137. The number of nitriles is 1. The zero-order valence-corrected chi connectivity index (χ0v) is 11.9. The van der Waals surface area contributed by atoms with Crippen LogP contribution in [-0.2, 0) is 6.18 Å². The molecule has 1 aromatic rings. The van der Waals surface area contributed by atoms with Crippen LogP contribution in [0.1, 0.15) is 37.3 Å². The number of nitrogens with one attached hydrogen (secondary N) is 1. The molecule has 1 rings (SSSR count). The molecule has 0 saturated heterocycles. The third-order valence-corrected chi connectivity index (χ3v) is 3.28. The lowest BCUT2D eigenvalue weighted by atomic mass is 10.00. The van der Waals surface area contributed by atoms with Gasteiger partial charge in [0.25, 0.3) is 0 Å². The van der Waals surface area contributed by atoms with Crippen molar-refractivity contribution in [2.45, 2.75) is 32.4 Å². The van der Waals surface area contributed by atoms with E-state index >= 15 is 0 Å². The minimum absolute atomic E-state index is 0.0240. The zero-order chi connectivity index (χ0) is 15.9. The molecular formula is C15H19F3N2O. The maximum atomic E-state index is 12.6. The van der Waals surface area contributed by atoms with Crippen molar-refractivity contribution in [1.29, 1.82) is 5.26 Å². The van der Waals surface area contributed by atoms with Crippen molar-refractivity contribution in [2.75, 3.05) is 18.5 Å². The molecule has 0 spiro atoms. The predicted molar refractivity (Wildman–Crippen MR) is 74.7 cm³/mol. The molecule has 3 nitrogen and oxygen atoms in total. The molecule has 1 unspecified atom stereocenters. The van der Waals surface area contributed by atoms with E-state index in [-0.39, 0.29) is 18.1 Å². The number of hydrogen-bond donors (Lipinski definition) is 2. The fourth-order valence-electron chi connectivity index (χ4n) is 2.16. The Morgan fingerprint density at radius 2 is 2.05 bits per heavy atom. The number of nitrogens with zero attached hydrogens (tertiary/aromatic N) is 1. The predicted octanol–water partition coefficient (Wildman–Crippen LogP) is 3.79. The van der Waals surface area contributed by atoms with Crippen molar-refractivity contribution >= 4 is 5.69 Å². The van der Waals surface area contributed by atoms with E-state index in [1.807, 2.05) is 6.92 Å². The normalized spacial score (nSPS) is 12.8. The first-order valence-corrected chi connectivity index (χ1v) is 6.88. The standard InChI is InChI=1S/C15H19F3N2O/c1-2-3-11(6-7-21)10-20-14-5-4-13(15(16,17)18)8-12(14)9-19/h4-5,8,11,20-21H,2-3,6-7,10H2,1H3. The van der Waals surface area contributed by atoms with Gasteiger partial charge in [-0.15, -0.1) is 0 Å². The van der Waals surface area contributed by atoms with Gasteiger partial charge in [-0.2, -0.15) is 18.4 Å². The summed E-state index contributed by atoms with van der Waals surface area (Å²) in [6, 6.07) is 4.88. The monoisotopic (exact) mass is 300 g/mol. The Bertz CT molecular complexity index is 489. The van der Waals surface area contributed by atoms with Gasteiger partial charge in [0, 0.05) is 13.2 Å². The summed E-state index contributed by atoms with van der Waals surface area (Å²) in [5, 5.41) is 21.0. The van der Waals surface area contributed by atoms with Crippen molar-refractivity contribution in [1.82, 2.24) is 0 Å². The molecule has 116 valence electrons. The number of aliphatic hydroxyl groups excluding tert-OH is 1. The Balaban J connectivity index is 2.82. The van der Waals surface area contributed by atoms with E-state index in [1.54, 1.807) is 6.07 Å². The van der Waals surface area contributed by atoms with Crippen LogP contribution in [0.25, 0.3) is 0 Å². The lowest BCUT2D eigenvalue weighted by Gasteiger charge is -2.17. The quantitative estimate of drug-likeness (QED) is 0.805. The van der Waals surface area contributed by atoms with Crippen LogP contribution in [0.3, 0.4) is 0 Å². The van der Waals surface area contributed by atoms with Gasteiger partial charge in [0.1, 0.15) is 6.07 Å². The third kappa shape index (κ3) is 5.27. The first kappa shape index (κ1) is 17.3. The summed E-state index contributed by atoms with van der Waals surface area (Å²) in [7, 11) is 0. The van der Waals surface area contributed by atoms with Crippen LogP contribution < -0.4 is 5.32 Å². The largest absolute Gasteiger partial charge is 0.416 e. The average Bonchev–Trinajstić information content (AvgIpc) is 2.44. The Kier molecular flexibility index (Phi) is 6.50. The van der Waals surface area contributed by atoms with Gasteiger partial charge in [0.2, 0.25) is 0 Å². The summed E-state index contributed by atoms with van der Waals surface area (Å²) in [6.07, 6.45) is -1.95. The second kappa shape index (κ2) is 7.89. The number of aliphatic hydroxyl groups is 1. The van der Waals surface area contributed by atoms with Gasteiger partial charge in [0.15, 0.2) is 0 Å². The topological polar surface area (TPSA) is 56.0 Å². The molecule has 6 heteroatoms. The number of halogens is 3. The van der Waals surface area contributed by atoms with Gasteiger partial charge >= 0.3 is 6.18 Å². The van der Waals surface area contributed by atoms with E-state index in [1.165, 1.54) is 6.07 Å². The summed E-state index contributed by atoms with van der Waals surface area (Å²) in [6.45, 7) is 2.63. The van der Waals surface area contributed by atoms with Gasteiger partial charge < -0.3 is 10.4 Å². The SMILES string of the molecule is CCCC(CCO)CNc1ccc(C(F)(F)F)cc1C#N. The first-order valence-electron chi connectivity index (χ1n) is 6.88. The molecule has 0 bridgehead atoms. The van der Waals surface area contributed by atoms with E-state index in [9.17, 15) is 13.2 Å². The molecule has 1 atom stereocenters. The maximum Gasteiger partial charge on any atom is 0.416 e. The molecule has 1 aromatic carbocycles. The molecule has 0 radical (unpaired) electrons. The molecule has 2 N–H and O–H groups in total. The van der Waals surface area contributed by atoms with Crippen molar-refractivity contribution < 1.29 is 18.3 Å². The highest BCUT2D eigenvalue weighted by molar-refractivity contribution is 5.59. The van der Waals surface area contributed by atoms with Crippen LogP contribution >= 0.6 is 0 Å². The number of rotatable bonds is 7. The minimum Gasteiger partial charge on any atom is -0.396 e. The number of hydrogen-bond acceptors (Lipinski definition) is 3. The molecule has 0 amide bonds. The van der Waals surface area contributed by atoms with Crippen LogP contribution in [0.4, 0.5) is 18.9 Å². The van der Waals surface area contributed by atoms with Crippen LogP contribution in [-0.4, -0.2) is 18.3 Å². The molecule has 0 aliphatic carbocycles. The molecule has 0 fully saturated rings. The molecule has 0 aliphatic heterocycles. The zero-order valence-electron chi connectivity index (χ0n) is 11.9. The first-order chi connectivity index (χ1) is 9.92. The summed E-state index contributed by atoms with van der Waals surface area (Å²) in [5.41, 5.74) is -0.460. The summed E-state index contributed by atoms with van der Waals surface area (Å²) >= 11 is 0. The van der Waals surface area contributed by atoms with Gasteiger partial charge in [-0.25, -0.2) is 0 Å². The Labute approximate surface area is 122 Å². The van der Waals surface area contributed by atoms with Gasteiger partial charge in [-0.05, 0) is 37.0 Å². The minimum atomic E-state index is -4.45. The number of benzene rings is 1. The Hall–Kier alpha value is -1.74. The highest BCUT2D eigenvalue weighted by Crippen LogP contribution is 2.31. The van der Waals surface area contributed by atoms with Crippen LogP contribution in [0.5, 0.6) is 0 Å². The van der Waals surface area contributed by atoms with E-state index in [2.05, 4.69) is 5.32 Å². The fraction of sp³-hybridized carbons (Fsp3) is 0.533.